The Labute approximate surface area is 146 Å². The normalized spacial score (nSPS) is 12.7. The molecule has 1 unspecified atom stereocenters. The van der Waals surface area contributed by atoms with Crippen LogP contribution in [0.25, 0.3) is 0 Å². The van der Waals surface area contributed by atoms with E-state index in [1.807, 2.05) is 0 Å². The molecule has 1 N–H and O–H groups in total. The molecule has 2 heteroatoms. The molecular formula is C21H44O2. The molecule has 0 spiro atoms. The van der Waals surface area contributed by atoms with Crippen LogP contribution in [0.4, 0.5) is 0 Å². The van der Waals surface area contributed by atoms with Crippen molar-refractivity contribution in [3.8, 4) is 0 Å². The van der Waals surface area contributed by atoms with E-state index < -0.39 is 6.29 Å². The number of aliphatic hydroxyl groups excluding tert-OH is 1. The van der Waals surface area contributed by atoms with Crippen LogP contribution in [0.1, 0.15) is 123 Å². The molecule has 0 rings (SSSR count). The topological polar surface area (TPSA) is 29.5 Å². The van der Waals surface area contributed by atoms with E-state index >= 15 is 0 Å². The predicted octanol–water partition coefficient (Wildman–Crippen LogP) is 6.99. The highest BCUT2D eigenvalue weighted by molar-refractivity contribution is 4.49. The summed E-state index contributed by atoms with van der Waals surface area (Å²) >= 11 is 0. The Morgan fingerprint density at radius 2 is 0.957 bits per heavy atom. The molecule has 0 aromatic rings. The van der Waals surface area contributed by atoms with Crippen LogP contribution in [0.15, 0.2) is 0 Å². The summed E-state index contributed by atoms with van der Waals surface area (Å²) in [6.45, 7) is 5.23. The zero-order valence-corrected chi connectivity index (χ0v) is 16.2. The fraction of sp³-hybridized carbons (Fsp3) is 1.00. The van der Waals surface area contributed by atoms with Gasteiger partial charge in [-0.15, -0.1) is 0 Å². The van der Waals surface area contributed by atoms with Crippen molar-refractivity contribution < 1.29 is 9.84 Å². The Morgan fingerprint density at radius 1 is 0.565 bits per heavy atom. The van der Waals surface area contributed by atoms with Gasteiger partial charge in [0.25, 0.3) is 0 Å². The van der Waals surface area contributed by atoms with Crippen LogP contribution in [0.3, 0.4) is 0 Å². The quantitative estimate of drug-likeness (QED) is 0.204. The van der Waals surface area contributed by atoms with Crippen molar-refractivity contribution in [1.29, 1.82) is 0 Å². The molecule has 0 saturated heterocycles. The molecule has 0 aromatic carbocycles. The second-order valence-electron chi connectivity index (χ2n) is 7.06. The standard InChI is InChI=1S/C21H44O2/c1-3-5-7-9-10-11-12-13-14-16-18-20-23-21(22)19-17-15-8-6-4-2/h21-22H,3-20H2,1-2H3. The molecule has 23 heavy (non-hydrogen) atoms. The molecule has 140 valence electrons. The molecule has 1 atom stereocenters. The number of ether oxygens (including phenoxy) is 1. The van der Waals surface area contributed by atoms with E-state index in [4.69, 9.17) is 4.74 Å². The summed E-state index contributed by atoms with van der Waals surface area (Å²) in [4.78, 5) is 0. The fourth-order valence-corrected chi connectivity index (χ4v) is 2.99. The van der Waals surface area contributed by atoms with Crippen molar-refractivity contribution in [3.63, 3.8) is 0 Å². The first-order valence-corrected chi connectivity index (χ1v) is 10.6. The zero-order chi connectivity index (χ0) is 17.0. The van der Waals surface area contributed by atoms with Crippen LogP contribution in [0, 0.1) is 0 Å². The lowest BCUT2D eigenvalue weighted by atomic mass is 10.1. The minimum absolute atomic E-state index is 0.528. The van der Waals surface area contributed by atoms with Crippen molar-refractivity contribution in [2.45, 2.75) is 129 Å². The molecular weight excluding hydrogens is 284 g/mol. The van der Waals surface area contributed by atoms with Crippen molar-refractivity contribution in [3.05, 3.63) is 0 Å². The number of aliphatic hydroxyl groups is 1. The van der Waals surface area contributed by atoms with Crippen LogP contribution in [-0.4, -0.2) is 18.0 Å². The first kappa shape index (κ1) is 22.9. The average molecular weight is 329 g/mol. The van der Waals surface area contributed by atoms with E-state index in [0.717, 1.165) is 25.9 Å². The fourth-order valence-electron chi connectivity index (χ4n) is 2.99. The summed E-state index contributed by atoms with van der Waals surface area (Å²) in [7, 11) is 0. The largest absolute Gasteiger partial charge is 0.368 e. The number of hydrogen-bond acceptors (Lipinski definition) is 2. The van der Waals surface area contributed by atoms with E-state index in [1.165, 1.54) is 89.9 Å². The zero-order valence-electron chi connectivity index (χ0n) is 16.2. The Hall–Kier alpha value is -0.0800. The Kier molecular flexibility index (Phi) is 19.9. The SMILES string of the molecule is CCCCCCCCCCCCCOC(O)CCCCCCC. The van der Waals surface area contributed by atoms with E-state index in [9.17, 15) is 5.11 Å². The molecule has 0 fully saturated rings. The highest BCUT2D eigenvalue weighted by Crippen LogP contribution is 2.12. The van der Waals surface area contributed by atoms with Crippen molar-refractivity contribution in [2.24, 2.45) is 0 Å². The number of hydrogen-bond donors (Lipinski definition) is 1. The van der Waals surface area contributed by atoms with Gasteiger partial charge in [0.2, 0.25) is 0 Å². The van der Waals surface area contributed by atoms with Gasteiger partial charge in [0, 0.05) is 6.61 Å². The third kappa shape index (κ3) is 19.9. The molecule has 2 nitrogen and oxygen atoms in total. The summed E-state index contributed by atoms with van der Waals surface area (Å²) in [5.74, 6) is 0. The molecule has 0 bridgehead atoms. The highest BCUT2D eigenvalue weighted by atomic mass is 16.6. The second kappa shape index (κ2) is 20.0. The maximum absolute atomic E-state index is 9.74. The Balaban J connectivity index is 3.08. The number of rotatable bonds is 19. The summed E-state index contributed by atoms with van der Waals surface area (Å²) in [5, 5.41) is 9.74. The Morgan fingerprint density at radius 3 is 1.43 bits per heavy atom. The van der Waals surface area contributed by atoms with Gasteiger partial charge < -0.3 is 9.84 Å². The monoisotopic (exact) mass is 328 g/mol. The minimum Gasteiger partial charge on any atom is -0.368 e. The second-order valence-corrected chi connectivity index (χ2v) is 7.06. The van der Waals surface area contributed by atoms with Gasteiger partial charge >= 0.3 is 0 Å². The van der Waals surface area contributed by atoms with Gasteiger partial charge in [0.15, 0.2) is 6.29 Å². The lowest BCUT2D eigenvalue weighted by Crippen LogP contribution is -2.12. The van der Waals surface area contributed by atoms with Gasteiger partial charge in [0.1, 0.15) is 0 Å². The first-order valence-electron chi connectivity index (χ1n) is 10.6. The third-order valence-corrected chi connectivity index (χ3v) is 4.61. The lowest BCUT2D eigenvalue weighted by molar-refractivity contribution is -0.105. The molecule has 0 amide bonds. The van der Waals surface area contributed by atoms with Crippen LogP contribution < -0.4 is 0 Å². The van der Waals surface area contributed by atoms with Crippen molar-refractivity contribution in [2.75, 3.05) is 6.61 Å². The summed E-state index contributed by atoms with van der Waals surface area (Å²) < 4.78 is 5.49. The predicted molar refractivity (Wildman–Crippen MR) is 102 cm³/mol. The lowest BCUT2D eigenvalue weighted by Gasteiger charge is -2.11. The molecule has 0 aromatic heterocycles. The van der Waals surface area contributed by atoms with Crippen molar-refractivity contribution in [1.82, 2.24) is 0 Å². The highest BCUT2D eigenvalue weighted by Gasteiger charge is 2.03. The average Bonchev–Trinajstić information content (AvgIpc) is 2.55. The van der Waals surface area contributed by atoms with Gasteiger partial charge in [-0.3, -0.25) is 0 Å². The van der Waals surface area contributed by atoms with Crippen LogP contribution in [0.5, 0.6) is 0 Å². The summed E-state index contributed by atoms with van der Waals surface area (Å²) in [5.41, 5.74) is 0. The molecule has 0 aliphatic rings. The first-order chi connectivity index (χ1) is 11.3. The summed E-state index contributed by atoms with van der Waals surface area (Å²) in [6.07, 6.45) is 21.4. The van der Waals surface area contributed by atoms with Gasteiger partial charge in [-0.1, -0.05) is 104 Å². The minimum atomic E-state index is -0.528. The molecule has 0 aliphatic heterocycles. The molecule has 0 radical (unpaired) electrons. The number of unbranched alkanes of at least 4 members (excludes halogenated alkanes) is 14. The van der Waals surface area contributed by atoms with E-state index in [2.05, 4.69) is 13.8 Å². The smallest absolute Gasteiger partial charge is 0.154 e. The van der Waals surface area contributed by atoms with Gasteiger partial charge in [-0.2, -0.15) is 0 Å². The van der Waals surface area contributed by atoms with Crippen LogP contribution >= 0.6 is 0 Å². The van der Waals surface area contributed by atoms with Gasteiger partial charge in [0.05, 0.1) is 0 Å². The van der Waals surface area contributed by atoms with Crippen molar-refractivity contribution >= 4 is 0 Å². The maximum atomic E-state index is 9.74. The van der Waals surface area contributed by atoms with E-state index in [0.29, 0.717) is 0 Å². The van der Waals surface area contributed by atoms with Crippen LogP contribution in [-0.2, 0) is 4.74 Å². The van der Waals surface area contributed by atoms with Gasteiger partial charge in [-0.05, 0) is 19.3 Å². The molecule has 0 heterocycles. The summed E-state index contributed by atoms with van der Waals surface area (Å²) in [6, 6.07) is 0. The van der Waals surface area contributed by atoms with E-state index in [-0.39, 0.29) is 0 Å². The maximum Gasteiger partial charge on any atom is 0.154 e. The third-order valence-electron chi connectivity index (χ3n) is 4.61. The van der Waals surface area contributed by atoms with Gasteiger partial charge in [-0.25, -0.2) is 0 Å². The molecule has 0 aliphatic carbocycles. The molecule has 0 saturated carbocycles. The van der Waals surface area contributed by atoms with E-state index in [1.54, 1.807) is 0 Å². The Bertz CT molecular complexity index is 206. The van der Waals surface area contributed by atoms with Crippen LogP contribution in [0.2, 0.25) is 0 Å².